The van der Waals surface area contributed by atoms with Crippen LogP contribution in [0.25, 0.3) is 0 Å². The first-order chi connectivity index (χ1) is 12.8. The second-order valence-electron chi connectivity index (χ2n) is 5.77. The van der Waals surface area contributed by atoms with Gasteiger partial charge in [0.15, 0.2) is 12.4 Å². The molecule has 0 spiro atoms. The van der Waals surface area contributed by atoms with Crippen molar-refractivity contribution in [1.29, 1.82) is 0 Å². The van der Waals surface area contributed by atoms with E-state index in [9.17, 15) is 24.5 Å². The summed E-state index contributed by atoms with van der Waals surface area (Å²) in [5.41, 5.74) is 0.332. The van der Waals surface area contributed by atoms with Crippen molar-refractivity contribution < 1.29 is 24.0 Å². The van der Waals surface area contributed by atoms with E-state index in [4.69, 9.17) is 4.74 Å². The Bertz CT molecular complexity index is 890. The third-order valence-electron chi connectivity index (χ3n) is 3.65. The summed E-state index contributed by atoms with van der Waals surface area (Å²) in [5, 5.41) is 13.4. The number of nitrogens with zero attached hydrogens (tertiary/aromatic N) is 1. The van der Waals surface area contributed by atoms with Crippen LogP contribution >= 0.6 is 11.3 Å². The number of hydrogen-bond donors (Lipinski definition) is 1. The third-order valence-corrected chi connectivity index (χ3v) is 4.69. The maximum Gasteiger partial charge on any atom is 0.306 e. The highest BCUT2D eigenvalue weighted by atomic mass is 32.1. The molecule has 27 heavy (non-hydrogen) atoms. The average Bonchev–Trinajstić information content (AvgIpc) is 3.06. The molecule has 0 bridgehead atoms. The number of thiophene rings is 1. The van der Waals surface area contributed by atoms with Gasteiger partial charge in [0.2, 0.25) is 0 Å². The maximum atomic E-state index is 11.9. The van der Waals surface area contributed by atoms with Gasteiger partial charge < -0.3 is 10.1 Å². The molecule has 0 aliphatic rings. The number of nitrogens with one attached hydrogen (secondary N) is 1. The zero-order chi connectivity index (χ0) is 20.0. The van der Waals surface area contributed by atoms with Crippen LogP contribution in [0.1, 0.15) is 33.0 Å². The van der Waals surface area contributed by atoms with Gasteiger partial charge in [-0.15, -0.1) is 11.3 Å². The monoisotopic (exact) mass is 390 g/mol. The predicted octanol–water partition coefficient (Wildman–Crippen LogP) is 3.42. The van der Waals surface area contributed by atoms with Crippen molar-refractivity contribution in [1.82, 2.24) is 0 Å². The number of nitro benzene ring substituents is 1. The fourth-order valence-electron chi connectivity index (χ4n) is 2.28. The van der Waals surface area contributed by atoms with Gasteiger partial charge in [-0.3, -0.25) is 24.5 Å². The highest BCUT2D eigenvalue weighted by Gasteiger charge is 2.19. The van der Waals surface area contributed by atoms with E-state index < -0.39 is 23.4 Å². The number of para-hydroxylation sites is 1. The quantitative estimate of drug-likeness (QED) is 0.320. The van der Waals surface area contributed by atoms with Crippen molar-refractivity contribution in [3.63, 3.8) is 0 Å². The first-order valence-electron chi connectivity index (χ1n) is 8.07. The highest BCUT2D eigenvalue weighted by molar-refractivity contribution is 7.14. The maximum absolute atomic E-state index is 11.9. The fourth-order valence-corrected chi connectivity index (χ4v) is 3.12. The minimum Gasteiger partial charge on any atom is -0.456 e. The van der Waals surface area contributed by atoms with Crippen LogP contribution in [0, 0.1) is 24.0 Å². The van der Waals surface area contributed by atoms with Crippen LogP contribution in [0.5, 0.6) is 0 Å². The number of amides is 1. The fraction of sp³-hybridized carbons (Fsp3) is 0.278. The summed E-state index contributed by atoms with van der Waals surface area (Å²) < 4.78 is 4.84. The number of hydrogen-bond acceptors (Lipinski definition) is 7. The summed E-state index contributed by atoms with van der Waals surface area (Å²) in [6, 6.07) is 7.93. The predicted molar refractivity (Wildman–Crippen MR) is 100 cm³/mol. The first-order valence-corrected chi connectivity index (χ1v) is 8.88. The molecule has 0 fully saturated rings. The SMILES string of the molecule is Cc1ccc(C(=O)CCC(=O)OCC(=O)Nc2c(C)cccc2[N+](=O)[O-])s1. The number of esters is 1. The first kappa shape index (κ1) is 20.2. The van der Waals surface area contributed by atoms with Crippen LogP contribution in [-0.4, -0.2) is 29.2 Å². The van der Waals surface area contributed by atoms with Crippen molar-refractivity contribution in [2.24, 2.45) is 0 Å². The number of benzene rings is 1. The number of anilines is 1. The van der Waals surface area contributed by atoms with E-state index in [0.717, 1.165) is 4.88 Å². The molecule has 0 aliphatic heterocycles. The minimum absolute atomic E-state index is 0.0102. The zero-order valence-corrected chi connectivity index (χ0v) is 15.6. The molecule has 0 radical (unpaired) electrons. The van der Waals surface area contributed by atoms with E-state index in [1.54, 1.807) is 19.1 Å². The Morgan fingerprint density at radius 2 is 1.89 bits per heavy atom. The van der Waals surface area contributed by atoms with E-state index in [1.165, 1.54) is 23.5 Å². The largest absolute Gasteiger partial charge is 0.456 e. The molecule has 2 aromatic rings. The smallest absolute Gasteiger partial charge is 0.306 e. The molecule has 2 rings (SSSR count). The van der Waals surface area contributed by atoms with E-state index in [1.807, 2.05) is 13.0 Å². The summed E-state index contributed by atoms with van der Waals surface area (Å²) in [6.07, 6.45) is -0.156. The summed E-state index contributed by atoms with van der Waals surface area (Å²) in [6.45, 7) is 2.91. The Labute approximate surface area is 159 Å². The molecular formula is C18H18N2O6S. The second-order valence-corrected chi connectivity index (χ2v) is 7.06. The lowest BCUT2D eigenvalue weighted by Gasteiger charge is -2.09. The molecular weight excluding hydrogens is 372 g/mol. The number of Topliss-reactive ketones (excluding diaryl/α,β-unsaturated/α-hetero) is 1. The van der Waals surface area contributed by atoms with Gasteiger partial charge in [-0.2, -0.15) is 0 Å². The number of rotatable bonds is 8. The summed E-state index contributed by atoms with van der Waals surface area (Å²) in [4.78, 5) is 47.6. The topological polar surface area (TPSA) is 116 Å². The molecule has 1 aromatic carbocycles. The standard InChI is InChI=1S/C18H18N2O6S/c1-11-4-3-5-13(20(24)25)18(11)19-16(22)10-26-17(23)9-7-14(21)15-8-6-12(2)27-15/h3-6,8H,7,9-10H2,1-2H3,(H,19,22). The Morgan fingerprint density at radius 3 is 2.52 bits per heavy atom. The molecule has 1 heterocycles. The van der Waals surface area contributed by atoms with Gasteiger partial charge in [-0.1, -0.05) is 12.1 Å². The van der Waals surface area contributed by atoms with E-state index >= 15 is 0 Å². The van der Waals surface area contributed by atoms with Crippen LogP contribution in [-0.2, 0) is 14.3 Å². The number of carbonyl (C=O) groups is 3. The minimum atomic E-state index is -0.694. The number of nitro groups is 1. The van der Waals surface area contributed by atoms with Gasteiger partial charge in [0.05, 0.1) is 16.2 Å². The van der Waals surface area contributed by atoms with Crippen LogP contribution in [0.3, 0.4) is 0 Å². The lowest BCUT2D eigenvalue weighted by atomic mass is 10.1. The van der Waals surface area contributed by atoms with Crippen molar-refractivity contribution in [2.45, 2.75) is 26.7 Å². The molecule has 1 N–H and O–H groups in total. The van der Waals surface area contributed by atoms with E-state index in [2.05, 4.69) is 5.32 Å². The van der Waals surface area contributed by atoms with Crippen molar-refractivity contribution in [3.05, 3.63) is 55.8 Å². The molecule has 0 aliphatic carbocycles. The van der Waals surface area contributed by atoms with E-state index in [0.29, 0.717) is 10.4 Å². The van der Waals surface area contributed by atoms with Gasteiger partial charge in [0.1, 0.15) is 5.69 Å². The van der Waals surface area contributed by atoms with Gasteiger partial charge >= 0.3 is 5.97 Å². The van der Waals surface area contributed by atoms with Crippen molar-refractivity contribution in [2.75, 3.05) is 11.9 Å². The molecule has 1 aromatic heterocycles. The van der Waals surface area contributed by atoms with Crippen LogP contribution in [0.4, 0.5) is 11.4 Å². The average molecular weight is 390 g/mol. The lowest BCUT2D eigenvalue weighted by molar-refractivity contribution is -0.384. The Morgan fingerprint density at radius 1 is 1.15 bits per heavy atom. The van der Waals surface area contributed by atoms with Crippen molar-refractivity contribution in [3.8, 4) is 0 Å². The van der Waals surface area contributed by atoms with Crippen LogP contribution in [0.2, 0.25) is 0 Å². The molecule has 0 saturated carbocycles. The van der Waals surface area contributed by atoms with Gasteiger partial charge in [-0.25, -0.2) is 0 Å². The molecule has 8 nitrogen and oxygen atoms in total. The summed E-state index contributed by atoms with van der Waals surface area (Å²) in [7, 11) is 0. The molecule has 142 valence electrons. The van der Waals surface area contributed by atoms with Gasteiger partial charge in [0.25, 0.3) is 11.6 Å². The van der Waals surface area contributed by atoms with Crippen LogP contribution < -0.4 is 5.32 Å². The Balaban J connectivity index is 1.83. The van der Waals surface area contributed by atoms with Gasteiger partial charge in [-0.05, 0) is 31.5 Å². The molecule has 0 unspecified atom stereocenters. The van der Waals surface area contributed by atoms with Gasteiger partial charge in [0, 0.05) is 17.4 Å². The molecule has 0 atom stereocenters. The molecule has 1 amide bonds. The Kier molecular flexibility index (Phi) is 6.78. The molecule has 0 saturated heterocycles. The number of ether oxygens (including phenoxy) is 1. The molecule has 9 heteroatoms. The Hall–Kier alpha value is -3.07. The summed E-state index contributed by atoms with van der Waals surface area (Å²) in [5.74, 6) is -1.54. The number of ketones is 1. The second kappa shape index (κ2) is 9.04. The van der Waals surface area contributed by atoms with Crippen molar-refractivity contribution >= 4 is 40.4 Å². The lowest BCUT2D eigenvalue weighted by Crippen LogP contribution is -2.22. The normalized spacial score (nSPS) is 10.3. The number of aryl methyl sites for hydroxylation is 2. The zero-order valence-electron chi connectivity index (χ0n) is 14.8. The van der Waals surface area contributed by atoms with E-state index in [-0.39, 0.29) is 30.0 Å². The third kappa shape index (κ3) is 5.71. The summed E-state index contributed by atoms with van der Waals surface area (Å²) >= 11 is 1.35. The van der Waals surface area contributed by atoms with Crippen LogP contribution in [0.15, 0.2) is 30.3 Å². The highest BCUT2D eigenvalue weighted by Crippen LogP contribution is 2.27. The number of carbonyl (C=O) groups excluding carboxylic acids is 3.